The molecule has 0 atom stereocenters. The van der Waals surface area contributed by atoms with Crippen molar-refractivity contribution in [3.63, 3.8) is 0 Å². The summed E-state index contributed by atoms with van der Waals surface area (Å²) in [6.45, 7) is 2.02. The zero-order valence-electron chi connectivity index (χ0n) is 6.39. The number of rotatable bonds is 0. The van der Waals surface area contributed by atoms with Crippen LogP contribution in [0.5, 0.6) is 0 Å². The Morgan fingerprint density at radius 3 is 2.73 bits per heavy atom. The second-order valence-electron chi connectivity index (χ2n) is 2.71. The van der Waals surface area contributed by atoms with Gasteiger partial charge in [0.1, 0.15) is 7.85 Å². The fraction of sp³-hybridized carbons (Fsp3) is 0.111. The molecule has 0 amide bonds. The van der Waals surface area contributed by atoms with Gasteiger partial charge in [0, 0.05) is 10.9 Å². The van der Waals surface area contributed by atoms with E-state index >= 15 is 0 Å². The van der Waals surface area contributed by atoms with Crippen molar-refractivity contribution in [2.45, 2.75) is 6.92 Å². The van der Waals surface area contributed by atoms with Crippen LogP contribution in [0.1, 0.15) is 5.56 Å². The van der Waals surface area contributed by atoms with Crippen molar-refractivity contribution in [2.75, 3.05) is 0 Å². The normalized spacial score (nSPS) is 10.6. The third-order valence-corrected chi connectivity index (χ3v) is 2.00. The first kappa shape index (κ1) is 6.53. The molecule has 0 aliphatic heterocycles. The molecule has 0 spiro atoms. The maximum Gasteiger partial charge on any atom is 0.138 e. The van der Waals surface area contributed by atoms with E-state index in [9.17, 15) is 0 Å². The first-order valence-electron chi connectivity index (χ1n) is 3.62. The number of fused-ring (bicyclic) bond motifs is 1. The number of aromatic nitrogens is 1. The highest BCUT2D eigenvalue weighted by atomic mass is 14.7. The molecular formula is C9H8BN. The molecule has 1 aromatic carbocycles. The number of aromatic amines is 1. The molecule has 1 aromatic heterocycles. The van der Waals surface area contributed by atoms with Crippen LogP contribution in [-0.2, 0) is 0 Å². The first-order chi connectivity index (χ1) is 5.29. The monoisotopic (exact) mass is 141 g/mol. The van der Waals surface area contributed by atoms with Crippen molar-refractivity contribution in [3.05, 3.63) is 29.8 Å². The Labute approximate surface area is 66.8 Å². The van der Waals surface area contributed by atoms with Gasteiger partial charge in [0.05, 0.1) is 0 Å². The van der Waals surface area contributed by atoms with Crippen LogP contribution in [0.15, 0.2) is 24.3 Å². The van der Waals surface area contributed by atoms with Crippen LogP contribution < -0.4 is 5.59 Å². The second kappa shape index (κ2) is 2.16. The lowest BCUT2D eigenvalue weighted by atomic mass is 9.99. The molecule has 0 saturated carbocycles. The summed E-state index contributed by atoms with van der Waals surface area (Å²) in [4.78, 5) is 3.10. The van der Waals surface area contributed by atoms with E-state index in [0.29, 0.717) is 0 Å². The average Bonchev–Trinajstić information content (AvgIpc) is 2.30. The topological polar surface area (TPSA) is 15.8 Å². The zero-order chi connectivity index (χ0) is 7.84. The molecule has 2 heteroatoms. The number of hydrogen-bond donors (Lipinski definition) is 1. The van der Waals surface area contributed by atoms with E-state index in [-0.39, 0.29) is 0 Å². The summed E-state index contributed by atoms with van der Waals surface area (Å²) in [5.74, 6) is 0. The van der Waals surface area contributed by atoms with Gasteiger partial charge >= 0.3 is 0 Å². The SMILES string of the molecule is [B]c1[nH]c2ccccc2c1C. The number of nitrogens with one attached hydrogen (secondary N) is 1. The van der Waals surface area contributed by atoms with Gasteiger partial charge in [0.15, 0.2) is 0 Å². The lowest BCUT2D eigenvalue weighted by molar-refractivity contribution is 1.50. The van der Waals surface area contributed by atoms with Crippen LogP contribution in [0.25, 0.3) is 10.9 Å². The van der Waals surface area contributed by atoms with Gasteiger partial charge in [-0.05, 0) is 24.1 Å². The van der Waals surface area contributed by atoms with E-state index in [1.807, 2.05) is 25.1 Å². The molecule has 0 unspecified atom stereocenters. The smallest absolute Gasteiger partial charge is 0.138 e. The molecule has 0 saturated heterocycles. The predicted molar refractivity (Wildman–Crippen MR) is 48.4 cm³/mol. The standard InChI is InChI=1S/C9H8BN/c1-6-7-4-2-3-5-8(7)11-9(6)10/h2-5,11H,1H3. The van der Waals surface area contributed by atoms with Crippen molar-refractivity contribution in [2.24, 2.45) is 0 Å². The van der Waals surface area contributed by atoms with Gasteiger partial charge in [-0.15, -0.1) is 0 Å². The van der Waals surface area contributed by atoms with Gasteiger partial charge in [0.2, 0.25) is 0 Å². The van der Waals surface area contributed by atoms with E-state index in [4.69, 9.17) is 7.85 Å². The van der Waals surface area contributed by atoms with Crippen LogP contribution in [0.2, 0.25) is 0 Å². The summed E-state index contributed by atoms with van der Waals surface area (Å²) in [6.07, 6.45) is 0. The summed E-state index contributed by atoms with van der Waals surface area (Å²) in [5.41, 5.74) is 3.02. The molecule has 0 fully saturated rings. The van der Waals surface area contributed by atoms with Crippen LogP contribution in [0, 0.1) is 6.92 Å². The maximum atomic E-state index is 5.70. The minimum absolute atomic E-state index is 0.770. The third kappa shape index (κ3) is 0.863. The number of benzene rings is 1. The van der Waals surface area contributed by atoms with Crippen LogP contribution in [0.4, 0.5) is 0 Å². The molecule has 2 rings (SSSR count). The maximum absolute atomic E-state index is 5.70. The van der Waals surface area contributed by atoms with Crippen molar-refractivity contribution < 1.29 is 0 Å². The fourth-order valence-electron chi connectivity index (χ4n) is 1.30. The Hall–Kier alpha value is -1.18. The summed E-state index contributed by atoms with van der Waals surface area (Å²) in [6, 6.07) is 8.11. The van der Waals surface area contributed by atoms with Crippen LogP contribution in [0.3, 0.4) is 0 Å². The summed E-state index contributed by atoms with van der Waals surface area (Å²) < 4.78 is 0. The Bertz CT molecular complexity index is 389. The minimum atomic E-state index is 0.770. The largest absolute Gasteiger partial charge is 0.368 e. The van der Waals surface area contributed by atoms with Crippen molar-refractivity contribution in [1.29, 1.82) is 0 Å². The highest BCUT2D eigenvalue weighted by Crippen LogP contribution is 2.13. The van der Waals surface area contributed by atoms with Gasteiger partial charge in [-0.25, -0.2) is 0 Å². The zero-order valence-corrected chi connectivity index (χ0v) is 6.39. The third-order valence-electron chi connectivity index (χ3n) is 2.00. The number of H-pyrrole nitrogens is 1. The molecule has 0 aliphatic carbocycles. The molecule has 11 heavy (non-hydrogen) atoms. The Kier molecular flexibility index (Phi) is 1.28. The number of aryl methyl sites for hydroxylation is 1. The van der Waals surface area contributed by atoms with Crippen LogP contribution >= 0.6 is 0 Å². The summed E-state index contributed by atoms with van der Waals surface area (Å²) in [7, 11) is 5.70. The lowest BCUT2D eigenvalue weighted by Crippen LogP contribution is -2.04. The van der Waals surface area contributed by atoms with Gasteiger partial charge < -0.3 is 4.98 Å². The fourth-order valence-corrected chi connectivity index (χ4v) is 1.30. The molecule has 2 radical (unpaired) electrons. The minimum Gasteiger partial charge on any atom is -0.368 e. The molecule has 1 nitrogen and oxygen atoms in total. The summed E-state index contributed by atoms with van der Waals surface area (Å²) in [5, 5.41) is 1.21. The predicted octanol–water partition coefficient (Wildman–Crippen LogP) is 1.27. The van der Waals surface area contributed by atoms with Crippen molar-refractivity contribution in [1.82, 2.24) is 4.98 Å². The van der Waals surface area contributed by atoms with Crippen molar-refractivity contribution >= 4 is 24.3 Å². The Morgan fingerprint density at radius 2 is 2.00 bits per heavy atom. The van der Waals surface area contributed by atoms with E-state index in [1.54, 1.807) is 0 Å². The Morgan fingerprint density at radius 1 is 1.27 bits per heavy atom. The van der Waals surface area contributed by atoms with Crippen molar-refractivity contribution in [3.8, 4) is 0 Å². The highest BCUT2D eigenvalue weighted by Gasteiger charge is 2.00. The molecule has 1 heterocycles. The first-order valence-corrected chi connectivity index (χ1v) is 3.62. The molecule has 0 aliphatic rings. The number of hydrogen-bond acceptors (Lipinski definition) is 0. The average molecular weight is 141 g/mol. The van der Waals surface area contributed by atoms with Crippen LogP contribution in [-0.4, -0.2) is 12.8 Å². The molecule has 0 bridgehead atoms. The van der Waals surface area contributed by atoms with Gasteiger partial charge in [-0.1, -0.05) is 18.2 Å². The van der Waals surface area contributed by atoms with Gasteiger partial charge in [-0.2, -0.15) is 0 Å². The second-order valence-corrected chi connectivity index (χ2v) is 2.71. The molecular weight excluding hydrogens is 133 g/mol. The quantitative estimate of drug-likeness (QED) is 0.531. The molecule has 2 aromatic rings. The number of para-hydroxylation sites is 1. The molecule has 1 N–H and O–H groups in total. The van der Waals surface area contributed by atoms with E-state index in [0.717, 1.165) is 16.7 Å². The van der Waals surface area contributed by atoms with E-state index < -0.39 is 0 Å². The van der Waals surface area contributed by atoms with Gasteiger partial charge in [-0.3, -0.25) is 0 Å². The summed E-state index contributed by atoms with van der Waals surface area (Å²) >= 11 is 0. The highest BCUT2D eigenvalue weighted by molar-refractivity contribution is 6.33. The molecule has 52 valence electrons. The lowest BCUT2D eigenvalue weighted by Gasteiger charge is -1.88. The van der Waals surface area contributed by atoms with E-state index in [2.05, 4.69) is 11.1 Å². The van der Waals surface area contributed by atoms with Gasteiger partial charge in [0.25, 0.3) is 0 Å². The Balaban J connectivity index is 2.92. The van der Waals surface area contributed by atoms with E-state index in [1.165, 1.54) is 5.39 Å².